The summed E-state index contributed by atoms with van der Waals surface area (Å²) in [5.41, 5.74) is 3.77. The summed E-state index contributed by atoms with van der Waals surface area (Å²) in [4.78, 5) is 16.8. The number of hydrogen-bond donors (Lipinski definition) is 1. The van der Waals surface area contributed by atoms with Gasteiger partial charge < -0.3 is 10.1 Å². The molecule has 0 unspecified atom stereocenters. The van der Waals surface area contributed by atoms with Gasteiger partial charge in [-0.3, -0.25) is 4.79 Å². The minimum atomic E-state index is -0.417. The first kappa shape index (κ1) is 20.7. The molecule has 3 rings (SSSR count). The molecule has 1 amide bonds. The fourth-order valence-electron chi connectivity index (χ4n) is 2.67. The van der Waals surface area contributed by atoms with Gasteiger partial charge in [0, 0.05) is 16.9 Å². The van der Waals surface area contributed by atoms with Crippen LogP contribution in [-0.2, 0) is 4.79 Å². The number of carbonyl (C=O) groups excluding carboxylic acids is 1. The molecule has 1 N–H and O–H groups in total. The van der Waals surface area contributed by atoms with E-state index < -0.39 is 5.41 Å². The zero-order valence-corrected chi connectivity index (χ0v) is 18.6. The molecule has 0 saturated carbocycles. The molecule has 2 aromatic carbocycles. The molecule has 28 heavy (non-hydrogen) atoms. The lowest BCUT2D eigenvalue weighted by molar-refractivity contribution is -0.123. The van der Waals surface area contributed by atoms with Gasteiger partial charge in [-0.2, -0.15) is 0 Å². The SMILES string of the molecule is Cc1cc(C)cc(OCCSc2nc3ccc(NC(=O)C(C)(C)C)cc3s2)c1. The minimum absolute atomic E-state index is 0.00879. The van der Waals surface area contributed by atoms with E-state index in [0.29, 0.717) is 6.61 Å². The van der Waals surface area contributed by atoms with Crippen LogP contribution in [0.1, 0.15) is 31.9 Å². The molecular formula is C22H26N2O2S2. The van der Waals surface area contributed by atoms with Crippen molar-refractivity contribution >= 4 is 44.9 Å². The van der Waals surface area contributed by atoms with Crippen molar-refractivity contribution in [2.75, 3.05) is 17.7 Å². The van der Waals surface area contributed by atoms with Crippen LogP contribution in [0.25, 0.3) is 10.2 Å². The number of nitrogens with one attached hydrogen (secondary N) is 1. The highest BCUT2D eigenvalue weighted by Gasteiger charge is 2.21. The fraction of sp³-hybridized carbons (Fsp3) is 0.364. The minimum Gasteiger partial charge on any atom is -0.493 e. The van der Waals surface area contributed by atoms with Gasteiger partial charge in [-0.15, -0.1) is 11.3 Å². The number of aryl methyl sites for hydroxylation is 2. The van der Waals surface area contributed by atoms with Crippen molar-refractivity contribution in [2.24, 2.45) is 5.41 Å². The van der Waals surface area contributed by atoms with Gasteiger partial charge in [-0.05, 0) is 55.3 Å². The average molecular weight is 415 g/mol. The van der Waals surface area contributed by atoms with Crippen LogP contribution < -0.4 is 10.1 Å². The van der Waals surface area contributed by atoms with E-state index in [-0.39, 0.29) is 5.91 Å². The Balaban J connectivity index is 1.57. The first-order valence-corrected chi connectivity index (χ1v) is 11.1. The van der Waals surface area contributed by atoms with E-state index in [9.17, 15) is 4.79 Å². The third kappa shape index (κ3) is 5.49. The molecule has 1 aromatic heterocycles. The van der Waals surface area contributed by atoms with Crippen LogP contribution in [-0.4, -0.2) is 23.3 Å². The summed E-state index contributed by atoms with van der Waals surface area (Å²) >= 11 is 3.34. The maximum atomic E-state index is 12.2. The lowest BCUT2D eigenvalue weighted by atomic mass is 9.95. The summed E-state index contributed by atoms with van der Waals surface area (Å²) < 4.78 is 7.95. The number of ether oxygens (including phenoxy) is 1. The van der Waals surface area contributed by atoms with Gasteiger partial charge in [0.25, 0.3) is 0 Å². The molecule has 4 nitrogen and oxygen atoms in total. The second-order valence-corrected chi connectivity index (χ2v) is 10.3. The molecule has 148 valence electrons. The van der Waals surface area contributed by atoms with E-state index in [4.69, 9.17) is 4.74 Å². The Kier molecular flexibility index (Phi) is 6.30. The number of amides is 1. The van der Waals surface area contributed by atoms with Crippen molar-refractivity contribution in [3.8, 4) is 5.75 Å². The van der Waals surface area contributed by atoms with Crippen molar-refractivity contribution in [1.82, 2.24) is 4.98 Å². The topological polar surface area (TPSA) is 51.2 Å². The normalized spacial score (nSPS) is 11.6. The molecule has 0 radical (unpaired) electrons. The van der Waals surface area contributed by atoms with Gasteiger partial charge in [0.05, 0.1) is 16.8 Å². The third-order valence-corrected chi connectivity index (χ3v) is 6.21. The number of thiazole rings is 1. The number of benzene rings is 2. The Morgan fingerprint density at radius 3 is 2.54 bits per heavy atom. The van der Waals surface area contributed by atoms with Crippen molar-refractivity contribution in [3.05, 3.63) is 47.5 Å². The number of anilines is 1. The molecule has 6 heteroatoms. The standard InChI is InChI=1S/C22H26N2O2S2/c1-14-10-15(2)12-17(11-14)26-8-9-27-21-24-18-7-6-16(13-19(18)28-21)23-20(25)22(3,4)5/h6-7,10-13H,8-9H2,1-5H3,(H,23,25). The van der Waals surface area contributed by atoms with Crippen LogP contribution in [0.5, 0.6) is 5.75 Å². The monoisotopic (exact) mass is 414 g/mol. The molecule has 0 atom stereocenters. The molecule has 0 saturated heterocycles. The van der Waals surface area contributed by atoms with E-state index in [1.54, 1.807) is 23.1 Å². The van der Waals surface area contributed by atoms with Crippen LogP contribution >= 0.6 is 23.1 Å². The number of nitrogens with zero attached hydrogens (tertiary/aromatic N) is 1. The fourth-order valence-corrected chi connectivity index (χ4v) is 4.66. The average Bonchev–Trinajstić information content (AvgIpc) is 2.99. The Bertz CT molecular complexity index is 970. The number of hydrogen-bond acceptors (Lipinski definition) is 5. The largest absolute Gasteiger partial charge is 0.493 e. The van der Waals surface area contributed by atoms with Crippen molar-refractivity contribution in [3.63, 3.8) is 0 Å². The molecule has 0 fully saturated rings. The van der Waals surface area contributed by atoms with Gasteiger partial charge in [-0.1, -0.05) is 38.6 Å². The van der Waals surface area contributed by atoms with Crippen LogP contribution in [0.3, 0.4) is 0 Å². The second-order valence-electron chi connectivity index (χ2n) is 7.89. The molecule has 0 aliphatic heterocycles. The first-order valence-electron chi connectivity index (χ1n) is 9.27. The summed E-state index contributed by atoms with van der Waals surface area (Å²) in [5.74, 6) is 1.76. The Morgan fingerprint density at radius 2 is 1.86 bits per heavy atom. The molecule has 0 aliphatic rings. The van der Waals surface area contributed by atoms with Gasteiger partial charge in [0.1, 0.15) is 5.75 Å². The lowest BCUT2D eigenvalue weighted by Crippen LogP contribution is -2.27. The Hall–Kier alpha value is -2.05. The van der Waals surface area contributed by atoms with Gasteiger partial charge in [0.15, 0.2) is 4.34 Å². The third-order valence-electron chi connectivity index (χ3n) is 4.08. The van der Waals surface area contributed by atoms with E-state index in [1.165, 1.54) is 11.1 Å². The molecule has 0 bridgehead atoms. The summed E-state index contributed by atoms with van der Waals surface area (Å²) in [6.07, 6.45) is 0. The second kappa shape index (κ2) is 8.53. The van der Waals surface area contributed by atoms with E-state index in [2.05, 4.69) is 42.3 Å². The van der Waals surface area contributed by atoms with Crippen molar-refractivity contribution < 1.29 is 9.53 Å². The zero-order valence-electron chi connectivity index (χ0n) is 17.0. The Labute approximate surface area is 174 Å². The molecular weight excluding hydrogens is 388 g/mol. The number of thioether (sulfide) groups is 1. The lowest BCUT2D eigenvalue weighted by Gasteiger charge is -2.17. The first-order chi connectivity index (χ1) is 13.2. The van der Waals surface area contributed by atoms with Crippen molar-refractivity contribution in [1.29, 1.82) is 0 Å². The predicted molar refractivity (Wildman–Crippen MR) is 120 cm³/mol. The van der Waals surface area contributed by atoms with Crippen LogP contribution in [0, 0.1) is 19.3 Å². The highest BCUT2D eigenvalue weighted by Crippen LogP contribution is 2.31. The van der Waals surface area contributed by atoms with E-state index in [1.807, 2.05) is 39.0 Å². The molecule has 0 spiro atoms. The molecule has 3 aromatic rings. The van der Waals surface area contributed by atoms with E-state index >= 15 is 0 Å². The summed E-state index contributed by atoms with van der Waals surface area (Å²) in [6.45, 7) is 10.5. The summed E-state index contributed by atoms with van der Waals surface area (Å²) in [6, 6.07) is 12.1. The maximum absolute atomic E-state index is 12.2. The van der Waals surface area contributed by atoms with Gasteiger partial charge in [0.2, 0.25) is 5.91 Å². The zero-order chi connectivity index (χ0) is 20.3. The Morgan fingerprint density at radius 1 is 1.14 bits per heavy atom. The number of fused-ring (bicyclic) bond motifs is 1. The molecule has 0 aliphatic carbocycles. The van der Waals surface area contributed by atoms with E-state index in [0.717, 1.165) is 31.7 Å². The number of carbonyl (C=O) groups is 1. The predicted octanol–water partition coefficient (Wildman–Crippen LogP) is 6.07. The van der Waals surface area contributed by atoms with Gasteiger partial charge >= 0.3 is 0 Å². The highest BCUT2D eigenvalue weighted by atomic mass is 32.2. The number of aromatic nitrogens is 1. The summed E-state index contributed by atoms with van der Waals surface area (Å²) in [5, 5.41) is 2.98. The van der Waals surface area contributed by atoms with Crippen LogP contribution in [0.15, 0.2) is 40.7 Å². The number of rotatable bonds is 6. The highest BCUT2D eigenvalue weighted by molar-refractivity contribution is 8.01. The summed E-state index contributed by atoms with van der Waals surface area (Å²) in [7, 11) is 0. The smallest absolute Gasteiger partial charge is 0.229 e. The quantitative estimate of drug-likeness (QED) is 0.393. The van der Waals surface area contributed by atoms with Gasteiger partial charge in [-0.25, -0.2) is 4.98 Å². The van der Waals surface area contributed by atoms with Crippen LogP contribution in [0.4, 0.5) is 5.69 Å². The molecule has 1 heterocycles. The maximum Gasteiger partial charge on any atom is 0.229 e. The van der Waals surface area contributed by atoms with Crippen molar-refractivity contribution in [2.45, 2.75) is 39.0 Å². The van der Waals surface area contributed by atoms with Crippen LogP contribution in [0.2, 0.25) is 0 Å².